The van der Waals surface area contributed by atoms with E-state index >= 15 is 0 Å². The first-order valence-corrected chi connectivity index (χ1v) is 7.66. The number of nitrogens with one attached hydrogen (secondary N) is 1. The van der Waals surface area contributed by atoms with Crippen LogP contribution in [0, 0.1) is 14.9 Å². The molecule has 1 aromatic rings. The largest absolute Gasteiger partial charge is 0.306 e. The molecule has 1 saturated carbocycles. The van der Waals surface area contributed by atoms with Gasteiger partial charge in [-0.1, -0.05) is 26.0 Å². The number of hydrogen-bond donors (Lipinski definition) is 1. The molecule has 0 amide bonds. The molecule has 0 spiro atoms. The summed E-state index contributed by atoms with van der Waals surface area (Å²) in [6.45, 7) is 4.32. The van der Waals surface area contributed by atoms with Crippen molar-refractivity contribution >= 4 is 34.1 Å². The van der Waals surface area contributed by atoms with E-state index in [1.165, 1.54) is 3.57 Å². The molecule has 0 aromatic heterocycles. The van der Waals surface area contributed by atoms with Gasteiger partial charge >= 0.3 is 0 Å². The highest BCUT2D eigenvalue weighted by molar-refractivity contribution is 14.1. The summed E-state index contributed by atoms with van der Waals surface area (Å²) in [6, 6.07) is 8.40. The van der Waals surface area contributed by atoms with Gasteiger partial charge < -0.3 is 5.43 Å². The molecule has 2 aliphatic rings. The summed E-state index contributed by atoms with van der Waals surface area (Å²) in [5, 5.41) is 4.44. The molecule has 0 saturated heterocycles. The van der Waals surface area contributed by atoms with Crippen LogP contribution in [0.1, 0.15) is 32.3 Å². The SMILES string of the molecule is CC1(C)CC(=O)[C@@H]2C(c3ccc(I)cc3)=NN[C@@H]2C1. The molecule has 1 N–H and O–H groups in total. The lowest BCUT2D eigenvalue weighted by molar-refractivity contribution is -0.126. The maximum Gasteiger partial charge on any atom is 0.144 e. The average molecular weight is 368 g/mol. The fraction of sp³-hybridized carbons (Fsp3) is 0.467. The van der Waals surface area contributed by atoms with Gasteiger partial charge in [0.25, 0.3) is 0 Å². The second-order valence-corrected chi connectivity index (χ2v) is 7.47. The van der Waals surface area contributed by atoms with Gasteiger partial charge in [0, 0.05) is 9.99 Å². The van der Waals surface area contributed by atoms with Crippen molar-refractivity contribution in [2.75, 3.05) is 0 Å². The van der Waals surface area contributed by atoms with Crippen LogP contribution in [0.2, 0.25) is 0 Å². The Kier molecular flexibility index (Phi) is 3.15. The Hall–Kier alpha value is -0.910. The van der Waals surface area contributed by atoms with Gasteiger partial charge in [0.1, 0.15) is 5.78 Å². The molecule has 1 fully saturated rings. The van der Waals surface area contributed by atoms with Crippen LogP contribution in [-0.2, 0) is 4.79 Å². The number of hydrogen-bond acceptors (Lipinski definition) is 3. The molecule has 0 unspecified atom stereocenters. The summed E-state index contributed by atoms with van der Waals surface area (Å²) in [7, 11) is 0. The normalized spacial score (nSPS) is 28.6. The Balaban J connectivity index is 1.90. The van der Waals surface area contributed by atoms with E-state index in [-0.39, 0.29) is 17.4 Å². The number of fused-ring (bicyclic) bond motifs is 1. The van der Waals surface area contributed by atoms with E-state index < -0.39 is 0 Å². The summed E-state index contributed by atoms with van der Waals surface area (Å²) < 4.78 is 1.19. The molecule has 0 bridgehead atoms. The predicted molar refractivity (Wildman–Crippen MR) is 84.1 cm³/mol. The van der Waals surface area contributed by atoms with Crippen LogP contribution in [0.25, 0.3) is 0 Å². The number of halogens is 1. The smallest absolute Gasteiger partial charge is 0.144 e. The van der Waals surface area contributed by atoms with Crippen molar-refractivity contribution in [2.24, 2.45) is 16.4 Å². The lowest BCUT2D eigenvalue weighted by atomic mass is 9.68. The highest BCUT2D eigenvalue weighted by atomic mass is 127. The summed E-state index contributed by atoms with van der Waals surface area (Å²) in [5.74, 6) is 0.261. The fourth-order valence-electron chi connectivity index (χ4n) is 3.14. The number of hydrazone groups is 1. The monoisotopic (exact) mass is 368 g/mol. The average Bonchev–Trinajstić information content (AvgIpc) is 2.72. The maximum absolute atomic E-state index is 12.4. The third-order valence-electron chi connectivity index (χ3n) is 3.96. The number of nitrogens with zero attached hydrogens (tertiary/aromatic N) is 1. The van der Waals surface area contributed by atoms with Gasteiger partial charge in [-0.3, -0.25) is 4.79 Å². The maximum atomic E-state index is 12.4. The van der Waals surface area contributed by atoms with Gasteiger partial charge in [0.05, 0.1) is 17.7 Å². The molecule has 1 aromatic carbocycles. The van der Waals surface area contributed by atoms with Crippen LogP contribution < -0.4 is 5.43 Å². The second-order valence-electron chi connectivity index (χ2n) is 6.23. The first kappa shape index (κ1) is 13.1. The zero-order valence-electron chi connectivity index (χ0n) is 11.1. The van der Waals surface area contributed by atoms with Crippen LogP contribution in [0.3, 0.4) is 0 Å². The van der Waals surface area contributed by atoms with Crippen molar-refractivity contribution in [3.63, 3.8) is 0 Å². The van der Waals surface area contributed by atoms with Crippen LogP contribution >= 0.6 is 22.6 Å². The minimum Gasteiger partial charge on any atom is -0.306 e. The molecule has 0 radical (unpaired) electrons. The Labute approximate surface area is 127 Å². The minimum atomic E-state index is -0.0620. The van der Waals surface area contributed by atoms with Crippen molar-refractivity contribution in [2.45, 2.75) is 32.7 Å². The molecule has 1 aliphatic carbocycles. The minimum absolute atomic E-state index is 0.0620. The zero-order valence-corrected chi connectivity index (χ0v) is 13.3. The lowest BCUT2D eigenvalue weighted by Gasteiger charge is -2.36. The van der Waals surface area contributed by atoms with Crippen molar-refractivity contribution in [1.29, 1.82) is 0 Å². The highest BCUT2D eigenvalue weighted by Crippen LogP contribution is 2.39. The molecule has 1 heterocycles. The topological polar surface area (TPSA) is 41.5 Å². The predicted octanol–water partition coefficient (Wildman–Crippen LogP) is 2.97. The number of ketones is 1. The Morgan fingerprint density at radius 3 is 2.68 bits per heavy atom. The lowest BCUT2D eigenvalue weighted by Crippen LogP contribution is -2.45. The van der Waals surface area contributed by atoms with Crippen molar-refractivity contribution < 1.29 is 4.79 Å². The molecule has 3 rings (SSSR count). The molecule has 3 nitrogen and oxygen atoms in total. The molecule has 2 atom stereocenters. The number of carbonyl (C=O) groups is 1. The van der Waals surface area contributed by atoms with E-state index in [2.05, 4.69) is 71.2 Å². The van der Waals surface area contributed by atoms with E-state index in [0.29, 0.717) is 12.2 Å². The Morgan fingerprint density at radius 2 is 2.00 bits per heavy atom. The standard InChI is InChI=1S/C15H17IN2O/c1-15(2)7-11-13(12(19)8-15)14(18-17-11)9-3-5-10(16)6-4-9/h3-6,11,13,17H,7-8H2,1-2H3/t11-,13-/m1/s1. The Bertz CT molecular complexity index is 548. The van der Waals surface area contributed by atoms with E-state index in [4.69, 9.17) is 0 Å². The van der Waals surface area contributed by atoms with Gasteiger partial charge in [0.2, 0.25) is 0 Å². The third-order valence-corrected chi connectivity index (χ3v) is 4.68. The number of benzene rings is 1. The van der Waals surface area contributed by atoms with E-state index in [1.54, 1.807) is 0 Å². The molecule has 4 heteroatoms. The van der Waals surface area contributed by atoms with Gasteiger partial charge in [-0.05, 0) is 52.1 Å². The quantitative estimate of drug-likeness (QED) is 0.775. The van der Waals surface area contributed by atoms with Gasteiger partial charge in [0.15, 0.2) is 0 Å². The molecule has 1 aliphatic heterocycles. The fourth-order valence-corrected chi connectivity index (χ4v) is 3.50. The van der Waals surface area contributed by atoms with E-state index in [0.717, 1.165) is 17.7 Å². The van der Waals surface area contributed by atoms with Crippen LogP contribution in [-0.4, -0.2) is 17.5 Å². The third kappa shape index (κ3) is 2.42. The van der Waals surface area contributed by atoms with E-state index in [1.807, 2.05) is 0 Å². The van der Waals surface area contributed by atoms with Crippen LogP contribution in [0.4, 0.5) is 0 Å². The molecular formula is C15H17IN2O. The van der Waals surface area contributed by atoms with Crippen molar-refractivity contribution in [3.8, 4) is 0 Å². The second kappa shape index (κ2) is 4.58. The van der Waals surface area contributed by atoms with Crippen LogP contribution in [0.5, 0.6) is 0 Å². The number of rotatable bonds is 1. The summed E-state index contributed by atoms with van der Waals surface area (Å²) in [6.07, 6.45) is 1.65. The molecule has 19 heavy (non-hydrogen) atoms. The van der Waals surface area contributed by atoms with Gasteiger partial charge in [-0.25, -0.2) is 0 Å². The number of Topliss-reactive ketones (excluding diaryl/α,β-unsaturated/α-hetero) is 1. The Morgan fingerprint density at radius 1 is 1.32 bits per heavy atom. The van der Waals surface area contributed by atoms with E-state index in [9.17, 15) is 4.79 Å². The first-order chi connectivity index (χ1) is 8.96. The first-order valence-electron chi connectivity index (χ1n) is 6.58. The van der Waals surface area contributed by atoms with Crippen molar-refractivity contribution in [1.82, 2.24) is 5.43 Å². The summed E-state index contributed by atoms with van der Waals surface area (Å²) in [4.78, 5) is 12.4. The molecular weight excluding hydrogens is 351 g/mol. The zero-order chi connectivity index (χ0) is 13.6. The molecule has 100 valence electrons. The summed E-state index contributed by atoms with van der Waals surface area (Å²) >= 11 is 2.28. The highest BCUT2D eigenvalue weighted by Gasteiger charge is 2.46. The van der Waals surface area contributed by atoms with Gasteiger partial charge in [-0.2, -0.15) is 5.10 Å². The van der Waals surface area contributed by atoms with Crippen molar-refractivity contribution in [3.05, 3.63) is 33.4 Å². The summed E-state index contributed by atoms with van der Waals surface area (Å²) in [5.41, 5.74) is 5.24. The number of carbonyl (C=O) groups excluding carboxylic acids is 1. The van der Waals surface area contributed by atoms with Gasteiger partial charge in [-0.15, -0.1) is 0 Å². The van der Waals surface area contributed by atoms with Crippen LogP contribution in [0.15, 0.2) is 29.4 Å².